The van der Waals surface area contributed by atoms with Gasteiger partial charge in [0.25, 0.3) is 0 Å². The lowest BCUT2D eigenvalue weighted by molar-refractivity contribution is 0.177. The summed E-state index contributed by atoms with van der Waals surface area (Å²) in [5.41, 5.74) is 4.86. The second-order valence-corrected chi connectivity index (χ2v) is 4.11. The number of alkyl carbamates (subject to hydrolysis) is 1. The minimum atomic E-state index is -0.320. The lowest BCUT2D eigenvalue weighted by Crippen LogP contribution is -2.20. The van der Waals surface area contributed by atoms with Gasteiger partial charge in [-0.15, -0.1) is 12.4 Å². The van der Waals surface area contributed by atoms with E-state index in [9.17, 15) is 4.79 Å². The fraction of sp³-hybridized carbons (Fsp3) is 0.417. The van der Waals surface area contributed by atoms with Gasteiger partial charge < -0.3 is 10.1 Å². The lowest BCUT2D eigenvalue weighted by Gasteiger charge is -2.15. The maximum Gasteiger partial charge on any atom is 0.407 e. The molecule has 88 valence electrons. The maximum atomic E-state index is 11.0. The molecular weight excluding hydrogens is 226 g/mol. The molecule has 4 heteroatoms. The molecule has 1 aromatic carbocycles. The van der Waals surface area contributed by atoms with Crippen molar-refractivity contribution in [3.8, 4) is 0 Å². The summed E-state index contributed by atoms with van der Waals surface area (Å²) in [4.78, 5) is 11.0. The first-order valence-corrected chi connectivity index (χ1v) is 5.09. The molecule has 0 spiro atoms. The predicted octanol–water partition coefficient (Wildman–Crippen LogP) is 2.81. The van der Waals surface area contributed by atoms with Crippen LogP contribution in [0.1, 0.15) is 28.3 Å². The number of rotatable bonds is 1. The first-order valence-electron chi connectivity index (χ1n) is 5.09. The second-order valence-electron chi connectivity index (χ2n) is 4.11. The molecule has 1 N–H and O–H groups in total. The maximum absolute atomic E-state index is 11.0. The van der Waals surface area contributed by atoms with Crippen molar-refractivity contribution < 1.29 is 9.53 Å². The average Bonchev–Trinajstić information content (AvgIpc) is 2.49. The molecule has 1 aromatic rings. The molecule has 0 saturated carbocycles. The number of carbonyl (C=O) groups is 1. The summed E-state index contributed by atoms with van der Waals surface area (Å²) in [6.07, 6.45) is -0.320. The Bertz CT molecular complexity index is 394. The highest BCUT2D eigenvalue weighted by Gasteiger charge is 2.26. The molecule has 1 aliphatic rings. The quantitative estimate of drug-likeness (QED) is 0.821. The number of nitrogens with one attached hydrogen (secondary N) is 1. The number of hydrogen-bond acceptors (Lipinski definition) is 2. The van der Waals surface area contributed by atoms with Gasteiger partial charge in [-0.2, -0.15) is 0 Å². The molecule has 1 heterocycles. The van der Waals surface area contributed by atoms with Gasteiger partial charge in [0.2, 0.25) is 0 Å². The van der Waals surface area contributed by atoms with Gasteiger partial charge in [-0.05, 0) is 37.5 Å². The van der Waals surface area contributed by atoms with Crippen LogP contribution in [0.2, 0.25) is 0 Å². The van der Waals surface area contributed by atoms with Crippen molar-refractivity contribution in [3.63, 3.8) is 0 Å². The highest BCUT2D eigenvalue weighted by atomic mass is 35.5. The zero-order chi connectivity index (χ0) is 11.0. The van der Waals surface area contributed by atoms with Crippen molar-refractivity contribution in [2.24, 2.45) is 0 Å². The Balaban J connectivity index is 0.00000128. The van der Waals surface area contributed by atoms with E-state index in [0.717, 1.165) is 0 Å². The predicted molar refractivity (Wildman–Crippen MR) is 65.1 cm³/mol. The molecule has 1 saturated heterocycles. The van der Waals surface area contributed by atoms with Crippen LogP contribution in [0.4, 0.5) is 4.79 Å². The van der Waals surface area contributed by atoms with E-state index in [0.29, 0.717) is 6.61 Å². The Morgan fingerprint density at radius 2 is 1.81 bits per heavy atom. The third-order valence-corrected chi connectivity index (χ3v) is 2.76. The van der Waals surface area contributed by atoms with Gasteiger partial charge in [-0.1, -0.05) is 17.7 Å². The Hall–Kier alpha value is -1.22. The van der Waals surface area contributed by atoms with E-state index in [-0.39, 0.29) is 24.5 Å². The molecule has 0 aromatic heterocycles. The van der Waals surface area contributed by atoms with E-state index in [1.54, 1.807) is 0 Å². The van der Waals surface area contributed by atoms with Gasteiger partial charge in [-0.25, -0.2) is 4.79 Å². The summed E-state index contributed by atoms with van der Waals surface area (Å²) >= 11 is 0. The van der Waals surface area contributed by atoms with E-state index in [2.05, 4.69) is 38.2 Å². The number of amides is 1. The first kappa shape index (κ1) is 12.8. The molecule has 0 aliphatic carbocycles. The molecule has 1 atom stereocenters. The Labute approximate surface area is 102 Å². The van der Waals surface area contributed by atoms with Crippen LogP contribution in [0.5, 0.6) is 0 Å². The zero-order valence-electron chi connectivity index (χ0n) is 9.66. The van der Waals surface area contributed by atoms with Gasteiger partial charge in [0, 0.05) is 0 Å². The summed E-state index contributed by atoms with van der Waals surface area (Å²) in [6, 6.07) is 4.28. The van der Waals surface area contributed by atoms with E-state index in [1.165, 1.54) is 22.3 Å². The van der Waals surface area contributed by atoms with Crippen LogP contribution in [0, 0.1) is 20.8 Å². The number of cyclic esters (lactones) is 1. The van der Waals surface area contributed by atoms with Crippen molar-refractivity contribution in [2.75, 3.05) is 6.61 Å². The normalized spacial score (nSPS) is 18.7. The molecule has 0 unspecified atom stereocenters. The van der Waals surface area contributed by atoms with Crippen molar-refractivity contribution in [3.05, 3.63) is 34.4 Å². The second kappa shape index (κ2) is 4.74. The van der Waals surface area contributed by atoms with Gasteiger partial charge in [-0.3, -0.25) is 0 Å². The van der Waals surface area contributed by atoms with E-state index < -0.39 is 0 Å². The molecule has 3 nitrogen and oxygen atoms in total. The number of benzene rings is 1. The van der Waals surface area contributed by atoms with Gasteiger partial charge in [0.05, 0.1) is 6.04 Å². The molecule has 16 heavy (non-hydrogen) atoms. The number of halogens is 1. The van der Waals surface area contributed by atoms with Crippen molar-refractivity contribution >= 4 is 18.5 Å². The van der Waals surface area contributed by atoms with Crippen LogP contribution < -0.4 is 5.32 Å². The standard InChI is InChI=1S/C12H15NO2.ClH/c1-7-4-8(2)11(9(3)5-7)10-6-15-12(14)13-10;/h4-5,10H,6H2,1-3H3,(H,13,14);1H/t10-;/m1./s1. The number of aryl methyl sites for hydroxylation is 3. The van der Waals surface area contributed by atoms with Crippen LogP contribution in [-0.4, -0.2) is 12.7 Å². The summed E-state index contributed by atoms with van der Waals surface area (Å²) in [5, 5.41) is 2.81. The summed E-state index contributed by atoms with van der Waals surface area (Å²) in [7, 11) is 0. The van der Waals surface area contributed by atoms with Crippen LogP contribution in [0.25, 0.3) is 0 Å². The SMILES string of the molecule is Cc1cc(C)c([C@H]2COC(=O)N2)c(C)c1.Cl. The molecule has 0 bridgehead atoms. The van der Waals surface area contributed by atoms with Crippen LogP contribution in [0.3, 0.4) is 0 Å². The average molecular weight is 242 g/mol. The molecule has 1 amide bonds. The Morgan fingerprint density at radius 3 is 2.25 bits per heavy atom. The topological polar surface area (TPSA) is 38.3 Å². The smallest absolute Gasteiger partial charge is 0.407 e. The van der Waals surface area contributed by atoms with Crippen molar-refractivity contribution in [2.45, 2.75) is 26.8 Å². The van der Waals surface area contributed by atoms with E-state index in [4.69, 9.17) is 4.74 Å². The fourth-order valence-electron chi connectivity index (χ4n) is 2.28. The first-order chi connectivity index (χ1) is 7.08. The summed E-state index contributed by atoms with van der Waals surface area (Å²) < 4.78 is 4.91. The van der Waals surface area contributed by atoms with Crippen molar-refractivity contribution in [1.82, 2.24) is 5.32 Å². The van der Waals surface area contributed by atoms with Crippen LogP contribution in [0.15, 0.2) is 12.1 Å². The van der Waals surface area contributed by atoms with Crippen LogP contribution >= 0.6 is 12.4 Å². The van der Waals surface area contributed by atoms with Crippen molar-refractivity contribution in [1.29, 1.82) is 0 Å². The fourth-order valence-corrected chi connectivity index (χ4v) is 2.28. The van der Waals surface area contributed by atoms with Gasteiger partial charge in [0.15, 0.2) is 0 Å². The van der Waals surface area contributed by atoms with Crippen LogP contribution in [-0.2, 0) is 4.74 Å². The molecular formula is C12H16ClNO2. The summed E-state index contributed by atoms with van der Waals surface area (Å²) in [5.74, 6) is 0. The molecule has 0 radical (unpaired) electrons. The molecule has 1 aliphatic heterocycles. The van der Waals surface area contributed by atoms with Gasteiger partial charge >= 0.3 is 6.09 Å². The van der Waals surface area contributed by atoms with E-state index >= 15 is 0 Å². The number of carbonyl (C=O) groups excluding carboxylic acids is 1. The minimum Gasteiger partial charge on any atom is -0.447 e. The Morgan fingerprint density at radius 1 is 1.25 bits per heavy atom. The third kappa shape index (κ3) is 2.30. The van der Waals surface area contributed by atoms with Gasteiger partial charge in [0.1, 0.15) is 6.61 Å². The molecule has 2 rings (SSSR count). The summed E-state index contributed by atoms with van der Waals surface area (Å²) in [6.45, 7) is 6.65. The zero-order valence-corrected chi connectivity index (χ0v) is 10.5. The highest BCUT2D eigenvalue weighted by molar-refractivity contribution is 5.85. The minimum absolute atomic E-state index is 0. The monoisotopic (exact) mass is 241 g/mol. The number of ether oxygens (including phenoxy) is 1. The largest absolute Gasteiger partial charge is 0.447 e. The molecule has 1 fully saturated rings. The Kier molecular flexibility index (Phi) is 3.81. The third-order valence-electron chi connectivity index (χ3n) is 2.76. The lowest BCUT2D eigenvalue weighted by atomic mass is 9.95. The van der Waals surface area contributed by atoms with E-state index in [1.807, 2.05) is 0 Å². The number of hydrogen-bond donors (Lipinski definition) is 1. The highest BCUT2D eigenvalue weighted by Crippen LogP contribution is 2.26.